The molecule has 1 atom stereocenters. The first kappa shape index (κ1) is 18.7. The van der Waals surface area contributed by atoms with Crippen molar-refractivity contribution in [1.82, 2.24) is 4.90 Å². The van der Waals surface area contributed by atoms with Gasteiger partial charge < -0.3 is 10.1 Å². The Hall–Kier alpha value is -1.67. The lowest BCUT2D eigenvalue weighted by Gasteiger charge is -2.23. The minimum Gasteiger partial charge on any atom is -0.440 e. The molecule has 1 N–H and O–H groups in total. The number of carbonyl (C=O) groups is 2. The summed E-state index contributed by atoms with van der Waals surface area (Å²) >= 11 is 11.7. The molecular formula is C14H13Cl2F3N2O3. The molecule has 0 aromatic heterocycles. The number of amides is 2. The third-order valence-corrected chi connectivity index (χ3v) is 3.89. The molecule has 1 saturated heterocycles. The first-order valence-electron chi connectivity index (χ1n) is 6.93. The van der Waals surface area contributed by atoms with Crippen molar-refractivity contribution < 1.29 is 27.5 Å². The van der Waals surface area contributed by atoms with Crippen LogP contribution in [-0.4, -0.2) is 42.3 Å². The van der Waals surface area contributed by atoms with Crippen molar-refractivity contribution in [2.75, 3.05) is 18.5 Å². The van der Waals surface area contributed by atoms with E-state index in [1.54, 1.807) is 0 Å². The van der Waals surface area contributed by atoms with Gasteiger partial charge in [0.2, 0.25) is 5.91 Å². The molecule has 1 heterocycles. The molecule has 24 heavy (non-hydrogen) atoms. The third-order valence-electron chi connectivity index (χ3n) is 3.34. The molecule has 1 aromatic carbocycles. The van der Waals surface area contributed by atoms with Gasteiger partial charge in [0.05, 0.1) is 10.7 Å². The normalized spacial score (nSPS) is 17.7. The minimum absolute atomic E-state index is 0.142. The molecule has 1 fully saturated rings. The van der Waals surface area contributed by atoms with Crippen LogP contribution >= 0.6 is 23.2 Å². The Morgan fingerprint density at radius 3 is 2.67 bits per heavy atom. The second-order valence-corrected chi connectivity index (χ2v) is 5.98. The van der Waals surface area contributed by atoms with Crippen molar-refractivity contribution in [2.24, 2.45) is 0 Å². The predicted octanol–water partition coefficient (Wildman–Crippen LogP) is 4.10. The highest BCUT2D eigenvalue weighted by Gasteiger charge is 2.37. The standard InChI is InChI=1S/C14H13Cl2F3N2O3/c15-8-3-4-10(9(16)6-8)20-12(22)11-2-1-5-21(11)13(23)24-7-14(17,18)19/h3-4,6,11H,1-2,5,7H2,(H,20,22). The monoisotopic (exact) mass is 384 g/mol. The van der Waals surface area contributed by atoms with E-state index in [1.165, 1.54) is 18.2 Å². The van der Waals surface area contributed by atoms with E-state index in [4.69, 9.17) is 23.2 Å². The Balaban J connectivity index is 2.01. The summed E-state index contributed by atoms with van der Waals surface area (Å²) < 4.78 is 40.6. The molecule has 0 radical (unpaired) electrons. The van der Waals surface area contributed by atoms with Crippen LogP contribution in [0.15, 0.2) is 18.2 Å². The highest BCUT2D eigenvalue weighted by molar-refractivity contribution is 6.36. The summed E-state index contributed by atoms with van der Waals surface area (Å²) in [6.45, 7) is -1.55. The fourth-order valence-corrected chi connectivity index (χ4v) is 2.75. The lowest BCUT2D eigenvalue weighted by Crippen LogP contribution is -2.44. The van der Waals surface area contributed by atoms with Crippen LogP contribution < -0.4 is 5.32 Å². The molecule has 0 aliphatic carbocycles. The molecule has 2 rings (SSSR count). The van der Waals surface area contributed by atoms with Gasteiger partial charge in [-0.3, -0.25) is 9.69 Å². The van der Waals surface area contributed by atoms with Crippen LogP contribution in [0.2, 0.25) is 10.0 Å². The number of nitrogens with zero attached hydrogens (tertiary/aromatic N) is 1. The summed E-state index contributed by atoms with van der Waals surface area (Å²) in [6.07, 6.45) is -5.00. The number of hydrogen-bond acceptors (Lipinski definition) is 3. The van der Waals surface area contributed by atoms with Crippen LogP contribution in [0.3, 0.4) is 0 Å². The van der Waals surface area contributed by atoms with Gasteiger partial charge in [-0.05, 0) is 31.0 Å². The van der Waals surface area contributed by atoms with Crippen molar-refractivity contribution >= 4 is 40.9 Å². The van der Waals surface area contributed by atoms with Crippen LogP contribution in [0.1, 0.15) is 12.8 Å². The van der Waals surface area contributed by atoms with E-state index in [-0.39, 0.29) is 11.6 Å². The maximum atomic E-state index is 12.3. The molecule has 2 amide bonds. The fourth-order valence-electron chi connectivity index (χ4n) is 2.29. The topological polar surface area (TPSA) is 58.6 Å². The van der Waals surface area contributed by atoms with Crippen LogP contribution in [-0.2, 0) is 9.53 Å². The minimum atomic E-state index is -4.62. The van der Waals surface area contributed by atoms with Crippen molar-refractivity contribution in [3.05, 3.63) is 28.2 Å². The maximum absolute atomic E-state index is 12.3. The predicted molar refractivity (Wildman–Crippen MR) is 82.2 cm³/mol. The largest absolute Gasteiger partial charge is 0.440 e. The second kappa shape index (κ2) is 7.48. The molecular weight excluding hydrogens is 372 g/mol. The molecule has 5 nitrogen and oxygen atoms in total. The Morgan fingerprint density at radius 1 is 1.33 bits per heavy atom. The van der Waals surface area contributed by atoms with Gasteiger partial charge in [0, 0.05) is 11.6 Å². The zero-order valence-corrected chi connectivity index (χ0v) is 13.7. The highest BCUT2D eigenvalue weighted by Crippen LogP contribution is 2.27. The molecule has 0 spiro atoms. The number of halogens is 5. The lowest BCUT2D eigenvalue weighted by atomic mass is 10.2. The van der Waals surface area contributed by atoms with Crippen molar-refractivity contribution in [2.45, 2.75) is 25.1 Å². The van der Waals surface area contributed by atoms with Gasteiger partial charge in [0.15, 0.2) is 6.61 Å². The van der Waals surface area contributed by atoms with Crippen molar-refractivity contribution in [3.8, 4) is 0 Å². The Labute approximate surface area is 145 Å². The van der Waals surface area contributed by atoms with Crippen LogP contribution in [0.5, 0.6) is 0 Å². The average Bonchev–Trinajstić information content (AvgIpc) is 2.96. The Morgan fingerprint density at radius 2 is 2.04 bits per heavy atom. The number of likely N-dealkylation sites (tertiary alicyclic amines) is 1. The molecule has 1 aliphatic heterocycles. The average molecular weight is 385 g/mol. The first-order chi connectivity index (χ1) is 11.2. The zero-order chi connectivity index (χ0) is 17.9. The van der Waals surface area contributed by atoms with Gasteiger partial charge in [0.25, 0.3) is 0 Å². The second-order valence-electron chi connectivity index (χ2n) is 5.13. The summed E-state index contributed by atoms with van der Waals surface area (Å²) in [5.41, 5.74) is 0.293. The van der Waals surface area contributed by atoms with E-state index in [2.05, 4.69) is 10.1 Å². The zero-order valence-electron chi connectivity index (χ0n) is 12.2. The number of hydrogen-bond donors (Lipinski definition) is 1. The number of benzene rings is 1. The van der Waals surface area contributed by atoms with Gasteiger partial charge in [-0.1, -0.05) is 23.2 Å². The van der Waals surface area contributed by atoms with Crippen molar-refractivity contribution in [1.29, 1.82) is 0 Å². The van der Waals surface area contributed by atoms with Crippen LogP contribution in [0.4, 0.5) is 23.7 Å². The summed E-state index contributed by atoms with van der Waals surface area (Å²) in [4.78, 5) is 25.0. The molecule has 10 heteroatoms. The fraction of sp³-hybridized carbons (Fsp3) is 0.429. The highest BCUT2D eigenvalue weighted by atomic mass is 35.5. The van der Waals surface area contributed by atoms with Crippen molar-refractivity contribution in [3.63, 3.8) is 0 Å². The first-order valence-corrected chi connectivity index (χ1v) is 7.69. The lowest BCUT2D eigenvalue weighted by molar-refractivity contribution is -0.162. The van der Waals surface area contributed by atoms with E-state index >= 15 is 0 Å². The van der Waals surface area contributed by atoms with Gasteiger partial charge in [-0.15, -0.1) is 0 Å². The van der Waals surface area contributed by atoms with E-state index in [1.807, 2.05) is 0 Å². The third kappa shape index (κ3) is 4.91. The number of carbonyl (C=O) groups excluding carboxylic acids is 2. The maximum Gasteiger partial charge on any atom is 0.422 e. The van der Waals surface area contributed by atoms with Crippen LogP contribution in [0, 0.1) is 0 Å². The summed E-state index contributed by atoms with van der Waals surface area (Å²) in [7, 11) is 0. The molecule has 1 unspecified atom stereocenters. The number of ether oxygens (including phenoxy) is 1. The van der Waals surface area contributed by atoms with E-state index < -0.39 is 30.8 Å². The van der Waals surface area contributed by atoms with Gasteiger partial charge in [-0.25, -0.2) is 4.79 Å². The van der Waals surface area contributed by atoms with Gasteiger partial charge >= 0.3 is 12.3 Å². The van der Waals surface area contributed by atoms with Gasteiger partial charge in [0.1, 0.15) is 6.04 Å². The molecule has 0 saturated carbocycles. The molecule has 1 aliphatic rings. The molecule has 0 bridgehead atoms. The molecule has 1 aromatic rings. The Kier molecular flexibility index (Phi) is 5.82. The number of rotatable bonds is 3. The SMILES string of the molecule is O=C(Nc1ccc(Cl)cc1Cl)C1CCCN1C(=O)OCC(F)(F)F. The summed E-state index contributed by atoms with van der Waals surface area (Å²) in [5, 5.41) is 3.13. The quantitative estimate of drug-likeness (QED) is 0.853. The van der Waals surface area contributed by atoms with E-state index in [0.29, 0.717) is 23.6 Å². The smallest absolute Gasteiger partial charge is 0.422 e. The van der Waals surface area contributed by atoms with Crippen LogP contribution in [0.25, 0.3) is 0 Å². The summed E-state index contributed by atoms with van der Waals surface area (Å²) in [5.74, 6) is -0.555. The molecule has 132 valence electrons. The van der Waals surface area contributed by atoms with E-state index in [0.717, 1.165) is 4.90 Å². The Bertz CT molecular complexity index is 640. The van der Waals surface area contributed by atoms with E-state index in [9.17, 15) is 22.8 Å². The van der Waals surface area contributed by atoms with Gasteiger partial charge in [-0.2, -0.15) is 13.2 Å². The number of anilines is 1. The summed E-state index contributed by atoms with van der Waals surface area (Å²) in [6, 6.07) is 3.53. The number of alkyl halides is 3. The number of nitrogens with one attached hydrogen (secondary N) is 1.